The van der Waals surface area contributed by atoms with Crippen LogP contribution in [0.25, 0.3) is 0 Å². The van der Waals surface area contributed by atoms with Crippen molar-refractivity contribution in [1.82, 2.24) is 0 Å². The molecule has 0 aliphatic heterocycles. The average Bonchev–Trinajstić information content (AvgIpc) is 2.33. The van der Waals surface area contributed by atoms with E-state index in [0.717, 1.165) is 11.6 Å². The molecule has 2 N–H and O–H groups in total. The van der Waals surface area contributed by atoms with Gasteiger partial charge in [-0.1, -0.05) is 17.7 Å². The van der Waals surface area contributed by atoms with Crippen LogP contribution in [0.1, 0.15) is 15.9 Å². The monoisotopic (exact) mass is 279 g/mol. The maximum absolute atomic E-state index is 13.5. The number of phenolic OH excluding ortho intramolecular Hbond substituents is 1. The number of aromatic hydroxyl groups is 1. The van der Waals surface area contributed by atoms with Gasteiger partial charge in [-0.3, -0.25) is 4.79 Å². The zero-order chi connectivity index (χ0) is 14.0. The van der Waals surface area contributed by atoms with E-state index in [4.69, 9.17) is 16.7 Å². The van der Waals surface area contributed by atoms with E-state index in [-0.39, 0.29) is 11.3 Å². The highest BCUT2D eigenvalue weighted by atomic mass is 35.5. The molecule has 5 heteroatoms. The van der Waals surface area contributed by atoms with Crippen molar-refractivity contribution in [3.8, 4) is 5.75 Å². The molecule has 98 valence electrons. The van der Waals surface area contributed by atoms with Crippen LogP contribution in [0.15, 0.2) is 36.4 Å². The lowest BCUT2D eigenvalue weighted by molar-refractivity contribution is 0.102. The first-order chi connectivity index (χ1) is 8.97. The van der Waals surface area contributed by atoms with Gasteiger partial charge in [-0.2, -0.15) is 0 Å². The van der Waals surface area contributed by atoms with Crippen molar-refractivity contribution < 1.29 is 14.3 Å². The van der Waals surface area contributed by atoms with Crippen LogP contribution in [-0.4, -0.2) is 11.0 Å². The number of hydrogen-bond donors (Lipinski definition) is 2. The highest BCUT2D eigenvalue weighted by Crippen LogP contribution is 2.24. The molecule has 2 aromatic rings. The number of rotatable bonds is 2. The first-order valence-electron chi connectivity index (χ1n) is 5.53. The second-order valence-corrected chi connectivity index (χ2v) is 4.51. The van der Waals surface area contributed by atoms with E-state index >= 15 is 0 Å². The molecule has 0 atom stereocenters. The van der Waals surface area contributed by atoms with Crippen LogP contribution in [0.2, 0.25) is 5.02 Å². The number of halogens is 2. The second kappa shape index (κ2) is 5.28. The molecule has 0 aliphatic carbocycles. The molecule has 0 spiro atoms. The fraction of sp³-hybridized carbons (Fsp3) is 0.0714. The zero-order valence-corrected chi connectivity index (χ0v) is 10.8. The molecule has 2 aromatic carbocycles. The number of aryl methyl sites for hydroxylation is 1. The van der Waals surface area contributed by atoms with Crippen molar-refractivity contribution in [2.45, 2.75) is 6.92 Å². The third-order valence-electron chi connectivity index (χ3n) is 2.57. The number of benzene rings is 2. The van der Waals surface area contributed by atoms with Gasteiger partial charge in [0.2, 0.25) is 0 Å². The van der Waals surface area contributed by atoms with Crippen molar-refractivity contribution in [3.63, 3.8) is 0 Å². The smallest absolute Gasteiger partial charge is 0.258 e. The number of anilines is 1. The summed E-state index contributed by atoms with van der Waals surface area (Å²) in [6.45, 7) is 1.85. The highest BCUT2D eigenvalue weighted by Gasteiger charge is 2.13. The maximum Gasteiger partial charge on any atom is 0.258 e. The third-order valence-corrected chi connectivity index (χ3v) is 2.90. The van der Waals surface area contributed by atoms with E-state index in [1.165, 1.54) is 12.1 Å². The lowest BCUT2D eigenvalue weighted by Gasteiger charge is -2.09. The SMILES string of the molecule is Cc1ccc(Cl)c(NC(=O)c2ccc(O)cc2F)c1. The van der Waals surface area contributed by atoms with Gasteiger partial charge in [0.05, 0.1) is 16.3 Å². The van der Waals surface area contributed by atoms with Crippen molar-refractivity contribution in [2.75, 3.05) is 5.32 Å². The summed E-state index contributed by atoms with van der Waals surface area (Å²) in [6.07, 6.45) is 0. The fourth-order valence-electron chi connectivity index (χ4n) is 1.61. The zero-order valence-electron chi connectivity index (χ0n) is 10.1. The molecular formula is C14H11ClFNO2. The Morgan fingerprint density at radius 1 is 1.26 bits per heavy atom. The Balaban J connectivity index is 2.28. The second-order valence-electron chi connectivity index (χ2n) is 4.10. The van der Waals surface area contributed by atoms with Gasteiger partial charge in [0.25, 0.3) is 5.91 Å². The first-order valence-corrected chi connectivity index (χ1v) is 5.91. The summed E-state index contributed by atoms with van der Waals surface area (Å²) in [5.41, 5.74) is 1.18. The normalized spacial score (nSPS) is 10.3. The molecule has 1 amide bonds. The van der Waals surface area contributed by atoms with Gasteiger partial charge in [0.1, 0.15) is 11.6 Å². The quantitative estimate of drug-likeness (QED) is 0.880. The molecule has 0 saturated carbocycles. The summed E-state index contributed by atoms with van der Waals surface area (Å²) >= 11 is 5.94. The first kappa shape index (κ1) is 13.4. The van der Waals surface area contributed by atoms with E-state index in [9.17, 15) is 9.18 Å². The minimum Gasteiger partial charge on any atom is -0.508 e. The Morgan fingerprint density at radius 2 is 2.00 bits per heavy atom. The van der Waals surface area contributed by atoms with Gasteiger partial charge in [0.15, 0.2) is 0 Å². The number of amides is 1. The van der Waals surface area contributed by atoms with Crippen LogP contribution in [0.5, 0.6) is 5.75 Å². The molecule has 3 nitrogen and oxygen atoms in total. The lowest BCUT2D eigenvalue weighted by atomic mass is 10.1. The summed E-state index contributed by atoms with van der Waals surface area (Å²) < 4.78 is 13.5. The third kappa shape index (κ3) is 3.03. The maximum atomic E-state index is 13.5. The van der Waals surface area contributed by atoms with Crippen molar-refractivity contribution in [2.24, 2.45) is 0 Å². The molecule has 0 bridgehead atoms. The summed E-state index contributed by atoms with van der Waals surface area (Å²) in [6, 6.07) is 8.49. The van der Waals surface area contributed by atoms with Gasteiger partial charge in [-0.05, 0) is 36.8 Å². The standard InChI is InChI=1S/C14H11ClFNO2/c1-8-2-5-11(15)13(6-8)17-14(19)10-4-3-9(18)7-12(10)16/h2-7,18H,1H3,(H,17,19). The van der Waals surface area contributed by atoms with Crippen LogP contribution in [0, 0.1) is 12.7 Å². The Morgan fingerprint density at radius 3 is 2.68 bits per heavy atom. The number of hydrogen-bond acceptors (Lipinski definition) is 2. The van der Waals surface area contributed by atoms with E-state index in [2.05, 4.69) is 5.32 Å². The Hall–Kier alpha value is -2.07. The van der Waals surface area contributed by atoms with E-state index in [0.29, 0.717) is 10.7 Å². The number of carbonyl (C=O) groups excluding carboxylic acids is 1. The van der Waals surface area contributed by atoms with Crippen molar-refractivity contribution >= 4 is 23.2 Å². The minimum atomic E-state index is -0.790. The fourth-order valence-corrected chi connectivity index (χ4v) is 1.78. The Labute approximate surface area is 114 Å². The van der Waals surface area contributed by atoms with Crippen LogP contribution in [0.3, 0.4) is 0 Å². The highest BCUT2D eigenvalue weighted by molar-refractivity contribution is 6.34. The number of carbonyl (C=O) groups is 1. The van der Waals surface area contributed by atoms with E-state index in [1.807, 2.05) is 6.92 Å². The molecule has 0 radical (unpaired) electrons. The van der Waals surface area contributed by atoms with E-state index < -0.39 is 11.7 Å². The van der Waals surface area contributed by atoms with Gasteiger partial charge >= 0.3 is 0 Å². The van der Waals surface area contributed by atoms with E-state index in [1.54, 1.807) is 18.2 Å². The number of nitrogens with one attached hydrogen (secondary N) is 1. The molecule has 0 unspecified atom stereocenters. The largest absolute Gasteiger partial charge is 0.508 e. The average molecular weight is 280 g/mol. The summed E-state index contributed by atoms with van der Waals surface area (Å²) in [5, 5.41) is 12.0. The van der Waals surface area contributed by atoms with Gasteiger partial charge in [0, 0.05) is 6.07 Å². The Bertz CT molecular complexity index is 643. The summed E-state index contributed by atoms with van der Waals surface area (Å²) in [4.78, 5) is 11.9. The van der Waals surface area contributed by atoms with Crippen molar-refractivity contribution in [3.05, 3.63) is 58.4 Å². The van der Waals surface area contributed by atoms with Gasteiger partial charge in [-0.15, -0.1) is 0 Å². The van der Waals surface area contributed by atoms with Gasteiger partial charge < -0.3 is 10.4 Å². The minimum absolute atomic E-state index is 0.157. The predicted octanol–water partition coefficient (Wildman–Crippen LogP) is 3.75. The molecule has 2 rings (SSSR count). The number of phenols is 1. The molecule has 0 heterocycles. The molecule has 0 fully saturated rings. The topological polar surface area (TPSA) is 49.3 Å². The van der Waals surface area contributed by atoms with Crippen LogP contribution >= 0.6 is 11.6 Å². The van der Waals surface area contributed by atoms with Crippen LogP contribution in [-0.2, 0) is 0 Å². The summed E-state index contributed by atoms with van der Waals surface area (Å²) in [5.74, 6) is -1.64. The lowest BCUT2D eigenvalue weighted by Crippen LogP contribution is -2.14. The summed E-state index contributed by atoms with van der Waals surface area (Å²) in [7, 11) is 0. The van der Waals surface area contributed by atoms with Crippen molar-refractivity contribution in [1.29, 1.82) is 0 Å². The Kier molecular flexibility index (Phi) is 3.71. The van der Waals surface area contributed by atoms with Gasteiger partial charge in [-0.25, -0.2) is 4.39 Å². The molecule has 0 aromatic heterocycles. The van der Waals surface area contributed by atoms with Crippen LogP contribution in [0.4, 0.5) is 10.1 Å². The van der Waals surface area contributed by atoms with Crippen LogP contribution < -0.4 is 5.32 Å². The molecule has 0 saturated heterocycles. The molecular weight excluding hydrogens is 269 g/mol. The predicted molar refractivity (Wildman–Crippen MR) is 72.2 cm³/mol. The molecule has 19 heavy (non-hydrogen) atoms. The molecule has 0 aliphatic rings.